The summed E-state index contributed by atoms with van der Waals surface area (Å²) in [5.41, 5.74) is 4.03. The van der Waals surface area contributed by atoms with Crippen molar-refractivity contribution in [1.82, 2.24) is 9.08 Å². The Morgan fingerprint density at radius 3 is 2.00 bits per heavy atom. The molecular weight excluding hydrogens is 627 g/mol. The molecule has 0 spiro atoms. The van der Waals surface area contributed by atoms with Crippen LogP contribution in [-0.2, 0) is 42.2 Å². The Hall–Kier alpha value is -0.730. The van der Waals surface area contributed by atoms with Crippen LogP contribution in [0.3, 0.4) is 0 Å². The Bertz CT molecular complexity index is 1280. The smallest absolute Gasteiger partial charge is 0.344 e. The van der Waals surface area contributed by atoms with Crippen molar-refractivity contribution in [3.63, 3.8) is 0 Å². The Labute approximate surface area is 261 Å². The second kappa shape index (κ2) is 15.7. The average Bonchev–Trinajstić information content (AvgIpc) is 3.58. The summed E-state index contributed by atoms with van der Waals surface area (Å²) in [6.45, 7) is 9.54. The molecule has 10 nitrogen and oxygen atoms in total. The van der Waals surface area contributed by atoms with Gasteiger partial charge in [0.15, 0.2) is 0 Å². The van der Waals surface area contributed by atoms with Gasteiger partial charge in [-0.15, -0.1) is 0 Å². The third kappa shape index (κ3) is 8.96. The Morgan fingerprint density at radius 1 is 0.953 bits per heavy atom. The Kier molecular flexibility index (Phi) is 13.4. The topological polar surface area (TPSA) is 98.9 Å². The molecule has 3 rings (SSSR count). The Balaban J connectivity index is 1.67. The van der Waals surface area contributed by atoms with Gasteiger partial charge in [0.2, 0.25) is 0 Å². The highest BCUT2D eigenvalue weighted by Crippen LogP contribution is 2.76. The van der Waals surface area contributed by atoms with Crippen molar-refractivity contribution in [2.45, 2.75) is 71.1 Å². The largest absolute Gasteiger partial charge is 0.485 e. The summed E-state index contributed by atoms with van der Waals surface area (Å²) in [7, 11) is -1.27. The monoisotopic (exact) mass is 679 g/mol. The summed E-state index contributed by atoms with van der Waals surface area (Å²) in [4.78, 5) is 1.77. The van der Waals surface area contributed by atoms with Gasteiger partial charge < -0.3 is 22.8 Å². The minimum Gasteiger partial charge on any atom is -0.485 e. The molecule has 0 radical (unpaired) electrons. The standard InChI is InChI=1S/C29H52N3O7P3S/c1-10-25-12-14-27(15-13-25)22-30-32-40(8,43(32)9)29(3,11-2)39-28-18-16-26(17-19-28)20-21-31(23-41(33,35-4)36-5)24-42(34,37-6)38-7/h12,14,16,18,22H,10-11,13,15,17,19-21,23-24H2,1-9H3. The van der Waals surface area contributed by atoms with Crippen LogP contribution in [0.25, 0.3) is 0 Å². The van der Waals surface area contributed by atoms with Gasteiger partial charge in [0.25, 0.3) is 0 Å². The molecule has 14 heteroatoms. The van der Waals surface area contributed by atoms with Crippen molar-refractivity contribution in [1.29, 1.82) is 0 Å². The maximum atomic E-state index is 12.8. The van der Waals surface area contributed by atoms with Crippen LogP contribution in [0, 0.1) is 0 Å². The van der Waals surface area contributed by atoms with Crippen LogP contribution in [0.5, 0.6) is 0 Å². The lowest BCUT2D eigenvalue weighted by Crippen LogP contribution is -2.29. The SMILES string of the molecule is CCC1=CC=C(C=NN2S(C)=P2(C)C(C)(CC)OC2=CC=C(CCN(CP(=O)(OC)OC)CP(=O)(OC)OC)CC2)CC1. The molecule has 0 aromatic rings. The van der Waals surface area contributed by atoms with E-state index in [0.717, 1.165) is 44.3 Å². The summed E-state index contributed by atoms with van der Waals surface area (Å²) >= 11 is 0. The molecule has 2 aliphatic carbocycles. The fraction of sp³-hybridized carbons (Fsp3) is 0.690. The first kappa shape index (κ1) is 36.7. The molecule has 3 unspecified atom stereocenters. The minimum atomic E-state index is -3.36. The van der Waals surface area contributed by atoms with Gasteiger partial charge in [-0.3, -0.25) is 14.0 Å². The second-order valence-corrected chi connectivity index (χ2v) is 24.0. The molecule has 1 aliphatic heterocycles. The molecule has 0 aromatic carbocycles. The first-order chi connectivity index (χ1) is 20.3. The van der Waals surface area contributed by atoms with Crippen LogP contribution in [-0.4, -0.2) is 81.1 Å². The van der Waals surface area contributed by atoms with Gasteiger partial charge in [-0.05, 0) is 70.0 Å². The number of ether oxygens (including phenoxy) is 1. The van der Waals surface area contributed by atoms with Gasteiger partial charge >= 0.3 is 15.2 Å². The third-order valence-electron chi connectivity index (χ3n) is 8.79. The van der Waals surface area contributed by atoms with E-state index >= 15 is 0 Å². The number of hydrazone groups is 1. The maximum absolute atomic E-state index is 12.8. The first-order valence-corrected chi connectivity index (χ1v) is 22.7. The zero-order valence-corrected chi connectivity index (χ0v) is 30.9. The molecule has 3 aliphatic rings. The zero-order valence-electron chi connectivity index (χ0n) is 27.4. The molecule has 0 amide bonds. The summed E-state index contributed by atoms with van der Waals surface area (Å²) in [5.74, 6) is 0.998. The lowest BCUT2D eigenvalue weighted by atomic mass is 9.98. The van der Waals surface area contributed by atoms with Crippen LogP contribution in [0.15, 0.2) is 51.9 Å². The Morgan fingerprint density at radius 2 is 1.53 bits per heavy atom. The average molecular weight is 680 g/mol. The zero-order chi connectivity index (χ0) is 31.9. The van der Waals surface area contributed by atoms with E-state index in [1.54, 1.807) is 4.90 Å². The molecule has 0 fully saturated rings. The van der Waals surface area contributed by atoms with Gasteiger partial charge in [-0.1, -0.05) is 53.5 Å². The number of hydrogen-bond acceptors (Lipinski definition) is 10. The van der Waals surface area contributed by atoms with Crippen LogP contribution in [0.4, 0.5) is 0 Å². The summed E-state index contributed by atoms with van der Waals surface area (Å²) in [5, 5.41) is 4.68. The van der Waals surface area contributed by atoms with E-state index < -0.39 is 21.4 Å². The van der Waals surface area contributed by atoms with Crippen molar-refractivity contribution < 1.29 is 32.0 Å². The number of hydrogen-bond donors (Lipinski definition) is 0. The molecule has 246 valence electrons. The summed E-state index contributed by atoms with van der Waals surface area (Å²) in [6.07, 6.45) is 18.0. The molecule has 0 saturated carbocycles. The highest BCUT2D eigenvalue weighted by Gasteiger charge is 2.54. The number of allylic oxidation sites excluding steroid dienone is 7. The minimum absolute atomic E-state index is 0.0168. The molecule has 0 N–H and O–H groups in total. The summed E-state index contributed by atoms with van der Waals surface area (Å²) < 4.78 is 55.4. The first-order valence-electron chi connectivity index (χ1n) is 14.8. The van der Waals surface area contributed by atoms with Crippen molar-refractivity contribution in [3.8, 4) is 0 Å². The number of rotatable bonds is 18. The van der Waals surface area contributed by atoms with Crippen LogP contribution in [0.2, 0.25) is 0 Å². The second-order valence-electron chi connectivity index (χ2n) is 11.2. The van der Waals surface area contributed by atoms with E-state index in [4.69, 9.17) is 27.9 Å². The fourth-order valence-corrected chi connectivity index (χ4v) is 16.9. The van der Waals surface area contributed by atoms with Gasteiger partial charge in [0, 0.05) is 41.4 Å². The highest BCUT2D eigenvalue weighted by molar-refractivity contribution is 8.44. The van der Waals surface area contributed by atoms with E-state index in [0.29, 0.717) is 13.0 Å². The van der Waals surface area contributed by atoms with Crippen molar-refractivity contribution in [3.05, 3.63) is 46.8 Å². The molecule has 3 atom stereocenters. The molecule has 1 heterocycles. The highest BCUT2D eigenvalue weighted by atomic mass is 32.6. The van der Waals surface area contributed by atoms with Crippen LogP contribution >= 0.6 is 21.4 Å². The van der Waals surface area contributed by atoms with Crippen LogP contribution < -0.4 is 0 Å². The van der Waals surface area contributed by atoms with Gasteiger partial charge in [-0.2, -0.15) is 5.10 Å². The number of nitrogens with zero attached hydrogens (tertiary/aromatic N) is 3. The van der Waals surface area contributed by atoms with E-state index in [-0.39, 0.29) is 28.2 Å². The van der Waals surface area contributed by atoms with Crippen molar-refractivity contribution >= 4 is 37.9 Å². The molecular formula is C29H52N3O7P3S. The van der Waals surface area contributed by atoms with E-state index in [1.165, 1.54) is 45.2 Å². The molecule has 43 heavy (non-hydrogen) atoms. The molecule has 0 saturated heterocycles. The predicted octanol–water partition coefficient (Wildman–Crippen LogP) is 8.31. The van der Waals surface area contributed by atoms with Crippen molar-refractivity contribution in [2.24, 2.45) is 5.10 Å². The normalized spacial score (nSPS) is 24.4. The van der Waals surface area contributed by atoms with E-state index in [2.05, 4.69) is 68.4 Å². The lowest BCUT2D eigenvalue weighted by Gasteiger charge is -2.35. The third-order valence-corrected chi connectivity index (χ3v) is 23.2. The molecule has 0 aromatic heterocycles. The van der Waals surface area contributed by atoms with Gasteiger partial charge in [-0.25, -0.2) is 4.18 Å². The predicted molar refractivity (Wildman–Crippen MR) is 182 cm³/mol. The maximum Gasteiger partial charge on any atom is 0.344 e. The quantitative estimate of drug-likeness (QED) is 0.105. The van der Waals surface area contributed by atoms with E-state index in [9.17, 15) is 9.13 Å². The van der Waals surface area contributed by atoms with Gasteiger partial charge in [0.05, 0.1) is 18.2 Å². The summed E-state index contributed by atoms with van der Waals surface area (Å²) in [6, 6.07) is 0. The van der Waals surface area contributed by atoms with E-state index in [1.807, 2.05) is 0 Å². The van der Waals surface area contributed by atoms with Crippen LogP contribution in [0.1, 0.15) is 65.7 Å². The van der Waals surface area contributed by atoms with Crippen molar-refractivity contribution in [2.75, 3.05) is 60.5 Å². The van der Waals surface area contributed by atoms with Gasteiger partial charge in [0.1, 0.15) is 17.9 Å². The fourth-order valence-electron chi connectivity index (χ4n) is 5.21. The molecule has 0 bridgehead atoms. The lowest BCUT2D eigenvalue weighted by molar-refractivity contribution is 0.0823.